The van der Waals surface area contributed by atoms with Crippen LogP contribution in [0.5, 0.6) is 0 Å². The summed E-state index contributed by atoms with van der Waals surface area (Å²) in [4.78, 5) is 26.9. The smallest absolute Gasteiger partial charge is 0.259 e. The van der Waals surface area contributed by atoms with Crippen molar-refractivity contribution < 1.29 is 4.79 Å². The van der Waals surface area contributed by atoms with Crippen LogP contribution in [-0.2, 0) is 13.5 Å². The molecule has 0 spiro atoms. The minimum atomic E-state index is -0.193. The summed E-state index contributed by atoms with van der Waals surface area (Å²) in [5, 5.41) is 4.09. The van der Waals surface area contributed by atoms with Gasteiger partial charge in [0, 0.05) is 37.7 Å². The van der Waals surface area contributed by atoms with Crippen LogP contribution in [0.1, 0.15) is 21.5 Å². The molecule has 1 amide bonds. The Hall–Kier alpha value is -3.15. The van der Waals surface area contributed by atoms with Crippen molar-refractivity contribution in [3.05, 3.63) is 76.0 Å². The third-order valence-electron chi connectivity index (χ3n) is 4.50. The molecule has 3 heterocycles. The second-order valence-electron chi connectivity index (χ2n) is 6.34. The molecule has 0 N–H and O–H groups in total. The van der Waals surface area contributed by atoms with Gasteiger partial charge in [0.15, 0.2) is 0 Å². The van der Waals surface area contributed by atoms with Gasteiger partial charge in [-0.05, 0) is 31.0 Å². The molecule has 0 saturated heterocycles. The molecule has 126 valence electrons. The summed E-state index contributed by atoms with van der Waals surface area (Å²) in [6.45, 7) is 2.71. The first kappa shape index (κ1) is 15.4. The van der Waals surface area contributed by atoms with Gasteiger partial charge >= 0.3 is 0 Å². The molecule has 0 atom stereocenters. The van der Waals surface area contributed by atoms with E-state index in [4.69, 9.17) is 0 Å². The van der Waals surface area contributed by atoms with E-state index in [9.17, 15) is 9.59 Å². The summed E-state index contributed by atoms with van der Waals surface area (Å²) in [6.07, 6.45) is 5.78. The van der Waals surface area contributed by atoms with Gasteiger partial charge < -0.3 is 4.90 Å². The summed E-state index contributed by atoms with van der Waals surface area (Å²) in [5.41, 5.74) is 4.26. The number of hydrogen-bond acceptors (Lipinski definition) is 3. The zero-order valence-electron chi connectivity index (χ0n) is 14.1. The first-order valence-electron chi connectivity index (χ1n) is 8.16. The van der Waals surface area contributed by atoms with Crippen LogP contribution in [0.15, 0.2) is 53.7 Å². The largest absolute Gasteiger partial charge is 0.308 e. The Kier molecular flexibility index (Phi) is 3.53. The molecule has 0 fully saturated rings. The maximum absolute atomic E-state index is 13.0. The molecule has 3 aromatic rings. The molecule has 6 heteroatoms. The van der Waals surface area contributed by atoms with Crippen LogP contribution >= 0.6 is 0 Å². The Bertz CT molecular complexity index is 1030. The number of rotatable bonds is 2. The van der Waals surface area contributed by atoms with E-state index in [-0.39, 0.29) is 11.5 Å². The lowest BCUT2D eigenvalue weighted by Crippen LogP contribution is -2.30. The SMILES string of the molecule is Cc1ccc2c(c1)CCN2C(=O)c1ccc(=O)n(-c2cnn(C)c2)c1. The Labute approximate surface area is 144 Å². The third kappa shape index (κ3) is 2.65. The fourth-order valence-corrected chi connectivity index (χ4v) is 3.25. The number of anilines is 1. The summed E-state index contributed by atoms with van der Waals surface area (Å²) in [6, 6.07) is 9.14. The zero-order valence-corrected chi connectivity index (χ0v) is 14.1. The first-order chi connectivity index (χ1) is 12.0. The highest BCUT2D eigenvalue weighted by molar-refractivity contribution is 6.07. The number of aryl methyl sites for hydroxylation is 2. The van der Waals surface area contributed by atoms with Crippen LogP contribution in [0.4, 0.5) is 5.69 Å². The topological polar surface area (TPSA) is 60.1 Å². The molecule has 4 rings (SSSR count). The summed E-state index contributed by atoms with van der Waals surface area (Å²) in [5.74, 6) is -0.0970. The van der Waals surface area contributed by atoms with E-state index < -0.39 is 0 Å². The molecule has 2 aromatic heterocycles. The predicted molar refractivity (Wildman–Crippen MR) is 95.4 cm³/mol. The molecule has 0 saturated carbocycles. The van der Waals surface area contributed by atoms with Gasteiger partial charge in [0.1, 0.15) is 0 Å². The highest BCUT2D eigenvalue weighted by atomic mass is 16.2. The molecule has 1 aromatic carbocycles. The van der Waals surface area contributed by atoms with Crippen molar-refractivity contribution in [1.29, 1.82) is 0 Å². The lowest BCUT2D eigenvalue weighted by Gasteiger charge is -2.18. The van der Waals surface area contributed by atoms with Gasteiger partial charge in [-0.2, -0.15) is 5.10 Å². The Morgan fingerprint density at radius 1 is 1.16 bits per heavy atom. The molecular weight excluding hydrogens is 316 g/mol. The van der Waals surface area contributed by atoms with Gasteiger partial charge in [-0.1, -0.05) is 17.7 Å². The summed E-state index contributed by atoms with van der Waals surface area (Å²) < 4.78 is 3.07. The van der Waals surface area contributed by atoms with Crippen LogP contribution in [-0.4, -0.2) is 26.8 Å². The Morgan fingerprint density at radius 3 is 2.76 bits per heavy atom. The summed E-state index contributed by atoms with van der Waals surface area (Å²) >= 11 is 0. The molecular formula is C19H18N4O2. The van der Waals surface area contributed by atoms with Crippen molar-refractivity contribution in [1.82, 2.24) is 14.3 Å². The zero-order chi connectivity index (χ0) is 17.6. The van der Waals surface area contributed by atoms with Crippen molar-refractivity contribution in [3.8, 4) is 5.69 Å². The number of fused-ring (bicyclic) bond motifs is 1. The van der Waals surface area contributed by atoms with E-state index >= 15 is 0 Å². The van der Waals surface area contributed by atoms with Gasteiger partial charge in [0.25, 0.3) is 11.5 Å². The molecule has 1 aliphatic rings. The van der Waals surface area contributed by atoms with Crippen LogP contribution in [0.25, 0.3) is 5.69 Å². The van der Waals surface area contributed by atoms with Crippen LogP contribution in [0.3, 0.4) is 0 Å². The lowest BCUT2D eigenvalue weighted by molar-refractivity contribution is 0.0989. The molecule has 0 aliphatic carbocycles. The van der Waals surface area contributed by atoms with Crippen LogP contribution in [0, 0.1) is 6.92 Å². The van der Waals surface area contributed by atoms with Gasteiger partial charge in [-0.3, -0.25) is 18.8 Å². The van der Waals surface area contributed by atoms with E-state index in [0.29, 0.717) is 17.8 Å². The normalized spacial score (nSPS) is 13.1. The number of nitrogens with zero attached hydrogens (tertiary/aromatic N) is 4. The molecule has 0 bridgehead atoms. The van der Waals surface area contributed by atoms with Crippen molar-refractivity contribution in [2.75, 3.05) is 11.4 Å². The van der Waals surface area contributed by atoms with Crippen molar-refractivity contribution in [3.63, 3.8) is 0 Å². The van der Waals surface area contributed by atoms with Crippen LogP contribution < -0.4 is 10.5 Å². The maximum Gasteiger partial charge on any atom is 0.259 e. The first-order valence-corrected chi connectivity index (χ1v) is 8.16. The Morgan fingerprint density at radius 2 is 2.00 bits per heavy atom. The second-order valence-corrected chi connectivity index (χ2v) is 6.34. The fourth-order valence-electron chi connectivity index (χ4n) is 3.25. The average molecular weight is 334 g/mol. The predicted octanol–water partition coefficient (Wildman–Crippen LogP) is 2.08. The number of amides is 1. The molecule has 6 nitrogen and oxygen atoms in total. The van der Waals surface area contributed by atoms with Crippen LogP contribution in [0.2, 0.25) is 0 Å². The van der Waals surface area contributed by atoms with Crippen molar-refractivity contribution >= 4 is 11.6 Å². The number of hydrogen-bond donors (Lipinski definition) is 0. The summed E-state index contributed by atoms with van der Waals surface area (Å²) in [7, 11) is 1.78. The van der Waals surface area contributed by atoms with E-state index in [0.717, 1.165) is 12.1 Å². The van der Waals surface area contributed by atoms with Gasteiger partial charge in [0.05, 0.1) is 17.4 Å². The Balaban J connectivity index is 1.72. The highest BCUT2D eigenvalue weighted by Crippen LogP contribution is 2.30. The number of carbonyl (C=O) groups is 1. The molecule has 0 radical (unpaired) electrons. The number of benzene rings is 1. The van der Waals surface area contributed by atoms with Gasteiger partial charge in [-0.15, -0.1) is 0 Å². The number of aromatic nitrogens is 3. The van der Waals surface area contributed by atoms with E-state index in [1.165, 1.54) is 21.8 Å². The average Bonchev–Trinajstić information content (AvgIpc) is 3.20. The van der Waals surface area contributed by atoms with Crippen molar-refractivity contribution in [2.45, 2.75) is 13.3 Å². The van der Waals surface area contributed by atoms with E-state index in [1.807, 2.05) is 12.1 Å². The van der Waals surface area contributed by atoms with Crippen molar-refractivity contribution in [2.24, 2.45) is 7.05 Å². The van der Waals surface area contributed by atoms with Gasteiger partial charge in [-0.25, -0.2) is 0 Å². The molecule has 1 aliphatic heterocycles. The standard InChI is InChI=1S/C19H18N4O2/c1-13-3-5-17-14(9-13)7-8-22(17)19(25)15-4-6-18(24)23(11-15)16-10-20-21(2)12-16/h3-6,9-12H,7-8H2,1-2H3. The van der Waals surface area contributed by atoms with E-state index in [1.54, 1.807) is 41.3 Å². The minimum Gasteiger partial charge on any atom is -0.308 e. The van der Waals surface area contributed by atoms with Gasteiger partial charge in [0.2, 0.25) is 0 Å². The molecule has 0 unspecified atom stereocenters. The number of pyridine rings is 1. The highest BCUT2D eigenvalue weighted by Gasteiger charge is 2.26. The monoisotopic (exact) mass is 334 g/mol. The van der Waals surface area contributed by atoms with E-state index in [2.05, 4.69) is 18.1 Å². The minimum absolute atomic E-state index is 0.0970. The number of carbonyl (C=O) groups excluding carboxylic acids is 1. The third-order valence-corrected chi connectivity index (χ3v) is 4.50. The fraction of sp³-hybridized carbons (Fsp3) is 0.211. The molecule has 25 heavy (non-hydrogen) atoms. The lowest BCUT2D eigenvalue weighted by atomic mass is 10.1. The second kappa shape index (κ2) is 5.73. The quantitative estimate of drug-likeness (QED) is 0.721. The maximum atomic E-state index is 13.0.